The second-order valence-electron chi connectivity index (χ2n) is 7.06. The van der Waals surface area contributed by atoms with Gasteiger partial charge in [0.2, 0.25) is 5.91 Å². The zero-order valence-corrected chi connectivity index (χ0v) is 15.1. The van der Waals surface area contributed by atoms with E-state index in [-0.39, 0.29) is 16.7 Å². The van der Waals surface area contributed by atoms with Gasteiger partial charge in [0, 0.05) is 10.5 Å². The van der Waals surface area contributed by atoms with Crippen LogP contribution in [0.25, 0.3) is 0 Å². The van der Waals surface area contributed by atoms with Crippen LogP contribution in [-0.4, -0.2) is 5.91 Å². The summed E-state index contributed by atoms with van der Waals surface area (Å²) in [5.74, 6) is -0.0214. The zero-order valence-electron chi connectivity index (χ0n) is 12.9. The van der Waals surface area contributed by atoms with Gasteiger partial charge < -0.3 is 5.32 Å². The van der Waals surface area contributed by atoms with Crippen molar-refractivity contribution in [3.05, 3.63) is 26.8 Å². The Balaban J connectivity index is 3.52. The van der Waals surface area contributed by atoms with Gasteiger partial charge in [-0.05, 0) is 50.6 Å². The molecule has 19 heavy (non-hydrogen) atoms. The third kappa shape index (κ3) is 4.20. The monoisotopic (exact) mass is 373 g/mol. The first kappa shape index (κ1) is 16.5. The summed E-state index contributed by atoms with van der Waals surface area (Å²) in [5, 5.41) is 2.98. The van der Waals surface area contributed by atoms with Crippen LogP contribution in [0.4, 0.5) is 5.69 Å². The Labute approximate surface area is 130 Å². The van der Waals surface area contributed by atoms with Crippen LogP contribution in [0.15, 0.2) is 12.1 Å². The standard InChI is InChI=1S/C16H24INO/c1-10(19)18-14-12(16(5,6)7)8-11(9-13(14)17)15(2,3)4/h8-9H,1-7H3,(H,18,19). The van der Waals surface area contributed by atoms with Crippen molar-refractivity contribution in [1.82, 2.24) is 0 Å². The van der Waals surface area contributed by atoms with Crippen LogP contribution >= 0.6 is 22.6 Å². The van der Waals surface area contributed by atoms with Crippen LogP contribution < -0.4 is 5.32 Å². The lowest BCUT2D eigenvalue weighted by Crippen LogP contribution is -2.21. The fraction of sp³-hybridized carbons (Fsp3) is 0.562. The molecule has 0 saturated heterocycles. The maximum atomic E-state index is 11.4. The maximum Gasteiger partial charge on any atom is 0.221 e. The second kappa shape index (κ2) is 5.43. The highest BCUT2D eigenvalue weighted by Crippen LogP contribution is 2.37. The van der Waals surface area contributed by atoms with Gasteiger partial charge in [-0.3, -0.25) is 4.79 Å². The summed E-state index contributed by atoms with van der Waals surface area (Å²) in [6.45, 7) is 14.7. The van der Waals surface area contributed by atoms with Crippen molar-refractivity contribution >= 4 is 34.2 Å². The third-order valence-electron chi connectivity index (χ3n) is 3.07. The average molecular weight is 373 g/mol. The van der Waals surface area contributed by atoms with Crippen molar-refractivity contribution in [2.45, 2.75) is 59.3 Å². The first-order chi connectivity index (χ1) is 8.43. The minimum absolute atomic E-state index is 0.00103. The molecule has 0 aromatic heterocycles. The molecular formula is C16H24INO. The number of rotatable bonds is 1. The highest BCUT2D eigenvalue weighted by molar-refractivity contribution is 14.1. The van der Waals surface area contributed by atoms with Crippen LogP contribution in [-0.2, 0) is 15.6 Å². The first-order valence-electron chi connectivity index (χ1n) is 6.55. The number of carbonyl (C=O) groups is 1. The third-order valence-corrected chi connectivity index (χ3v) is 3.92. The van der Waals surface area contributed by atoms with Crippen LogP contribution in [0, 0.1) is 3.57 Å². The molecule has 0 fully saturated rings. The molecule has 0 saturated carbocycles. The molecule has 1 aromatic carbocycles. The number of halogens is 1. The quantitative estimate of drug-likeness (QED) is 0.701. The molecule has 3 heteroatoms. The van der Waals surface area contributed by atoms with E-state index in [4.69, 9.17) is 0 Å². The van der Waals surface area contributed by atoms with Crippen LogP contribution in [0.3, 0.4) is 0 Å². The number of amides is 1. The predicted octanol–water partition coefficient (Wildman–Crippen LogP) is 4.84. The molecule has 106 valence electrons. The van der Waals surface area contributed by atoms with Gasteiger partial charge in [-0.15, -0.1) is 0 Å². The molecule has 0 aliphatic rings. The van der Waals surface area contributed by atoms with Crippen molar-refractivity contribution in [2.75, 3.05) is 5.32 Å². The van der Waals surface area contributed by atoms with Gasteiger partial charge >= 0.3 is 0 Å². The molecule has 0 aliphatic heterocycles. The molecule has 1 N–H and O–H groups in total. The van der Waals surface area contributed by atoms with E-state index in [9.17, 15) is 4.79 Å². The Morgan fingerprint density at radius 3 is 1.95 bits per heavy atom. The summed E-state index contributed by atoms with van der Waals surface area (Å²) in [4.78, 5) is 11.4. The largest absolute Gasteiger partial charge is 0.325 e. The van der Waals surface area contributed by atoms with Gasteiger partial charge in [0.25, 0.3) is 0 Å². The maximum absolute atomic E-state index is 11.4. The molecular weight excluding hydrogens is 349 g/mol. The van der Waals surface area contributed by atoms with Crippen molar-refractivity contribution in [2.24, 2.45) is 0 Å². The minimum atomic E-state index is -0.0214. The molecule has 0 spiro atoms. The molecule has 0 atom stereocenters. The average Bonchev–Trinajstić information content (AvgIpc) is 2.16. The minimum Gasteiger partial charge on any atom is -0.325 e. The van der Waals surface area contributed by atoms with Crippen molar-refractivity contribution in [3.63, 3.8) is 0 Å². The lowest BCUT2D eigenvalue weighted by atomic mass is 9.80. The Morgan fingerprint density at radius 1 is 1.05 bits per heavy atom. The van der Waals surface area contributed by atoms with Gasteiger partial charge in [0.1, 0.15) is 0 Å². The molecule has 0 bridgehead atoms. The molecule has 0 unspecified atom stereocenters. The fourth-order valence-corrected chi connectivity index (χ4v) is 2.70. The van der Waals surface area contributed by atoms with Crippen molar-refractivity contribution in [1.29, 1.82) is 0 Å². The van der Waals surface area contributed by atoms with Gasteiger partial charge in [-0.25, -0.2) is 0 Å². The lowest BCUT2D eigenvalue weighted by Gasteiger charge is -2.28. The van der Waals surface area contributed by atoms with Gasteiger partial charge in [0.05, 0.1) is 5.69 Å². The van der Waals surface area contributed by atoms with E-state index in [1.165, 1.54) is 11.1 Å². The summed E-state index contributed by atoms with van der Waals surface area (Å²) >= 11 is 2.31. The highest BCUT2D eigenvalue weighted by atomic mass is 127. The number of carbonyl (C=O) groups excluding carboxylic acids is 1. The number of hydrogen-bond acceptors (Lipinski definition) is 1. The molecule has 1 rings (SSSR count). The highest BCUT2D eigenvalue weighted by Gasteiger charge is 2.24. The van der Waals surface area contributed by atoms with Gasteiger partial charge in [0.15, 0.2) is 0 Å². The van der Waals surface area contributed by atoms with E-state index < -0.39 is 0 Å². The summed E-state index contributed by atoms with van der Waals surface area (Å²) in [6, 6.07) is 4.40. The second-order valence-corrected chi connectivity index (χ2v) is 8.22. The smallest absolute Gasteiger partial charge is 0.221 e. The first-order valence-corrected chi connectivity index (χ1v) is 7.63. The van der Waals surface area contributed by atoms with E-state index in [1.807, 2.05) is 0 Å². The SMILES string of the molecule is CC(=O)Nc1c(I)cc(C(C)(C)C)cc1C(C)(C)C. The van der Waals surface area contributed by atoms with E-state index in [1.54, 1.807) is 6.92 Å². The Morgan fingerprint density at radius 2 is 1.58 bits per heavy atom. The Bertz CT molecular complexity index is 493. The van der Waals surface area contributed by atoms with Crippen molar-refractivity contribution < 1.29 is 4.79 Å². The van der Waals surface area contributed by atoms with E-state index in [0.717, 1.165) is 9.26 Å². The van der Waals surface area contributed by atoms with Gasteiger partial charge in [-0.1, -0.05) is 47.6 Å². The van der Waals surface area contributed by atoms with Crippen molar-refractivity contribution in [3.8, 4) is 0 Å². The lowest BCUT2D eigenvalue weighted by molar-refractivity contribution is -0.114. The van der Waals surface area contributed by atoms with Crippen LogP contribution in [0.1, 0.15) is 59.6 Å². The molecule has 2 nitrogen and oxygen atoms in total. The Kier molecular flexibility index (Phi) is 4.71. The van der Waals surface area contributed by atoms with E-state index in [0.29, 0.717) is 0 Å². The van der Waals surface area contributed by atoms with Gasteiger partial charge in [-0.2, -0.15) is 0 Å². The number of benzene rings is 1. The summed E-state index contributed by atoms with van der Waals surface area (Å²) < 4.78 is 1.10. The van der Waals surface area contributed by atoms with E-state index in [2.05, 4.69) is 81.6 Å². The summed E-state index contributed by atoms with van der Waals surface area (Å²) in [5.41, 5.74) is 3.55. The Hall–Kier alpha value is -0.580. The van der Waals surface area contributed by atoms with E-state index >= 15 is 0 Å². The molecule has 0 aliphatic carbocycles. The number of hydrogen-bond donors (Lipinski definition) is 1. The fourth-order valence-electron chi connectivity index (χ4n) is 1.93. The number of nitrogens with one attached hydrogen (secondary N) is 1. The number of anilines is 1. The van der Waals surface area contributed by atoms with Crippen LogP contribution in [0.2, 0.25) is 0 Å². The molecule has 1 aromatic rings. The summed E-state index contributed by atoms with van der Waals surface area (Å²) in [6.07, 6.45) is 0. The molecule has 0 heterocycles. The summed E-state index contributed by atoms with van der Waals surface area (Å²) in [7, 11) is 0. The predicted molar refractivity (Wildman–Crippen MR) is 90.9 cm³/mol. The normalized spacial score (nSPS) is 12.4. The topological polar surface area (TPSA) is 29.1 Å². The zero-order chi connectivity index (χ0) is 15.0. The molecule has 0 radical (unpaired) electrons. The van der Waals surface area contributed by atoms with Crippen LogP contribution in [0.5, 0.6) is 0 Å². The molecule has 1 amide bonds.